The van der Waals surface area contributed by atoms with Gasteiger partial charge in [-0.05, 0) is 43.9 Å². The molecule has 1 aromatic rings. The maximum Gasteiger partial charge on any atom is 0.347 e. The number of fused-ring (bicyclic) bond motifs is 2. The molecule has 2 aliphatic rings. The van der Waals surface area contributed by atoms with E-state index in [0.29, 0.717) is 29.1 Å². The largest absolute Gasteiger partial charge is 0.481 e. The second-order valence-electron chi connectivity index (χ2n) is 6.95. The molecule has 0 saturated carbocycles. The van der Waals surface area contributed by atoms with E-state index < -0.39 is 5.97 Å². The van der Waals surface area contributed by atoms with Crippen LogP contribution in [0.1, 0.15) is 60.7 Å². The van der Waals surface area contributed by atoms with Crippen molar-refractivity contribution in [2.24, 2.45) is 5.92 Å². The lowest BCUT2D eigenvalue weighted by Gasteiger charge is -2.29. The third-order valence-corrected chi connectivity index (χ3v) is 5.08. The molecule has 128 valence electrons. The first-order valence-electron chi connectivity index (χ1n) is 8.61. The molecule has 1 aromatic carbocycles. The Morgan fingerprint density at radius 1 is 1.21 bits per heavy atom. The van der Waals surface area contributed by atoms with Crippen molar-refractivity contribution >= 4 is 11.8 Å². The summed E-state index contributed by atoms with van der Waals surface area (Å²) in [5, 5.41) is 0. The SMILES string of the molecule is CCCc1cc(C)c2c(c1C)OC1C(=C(C)C(=O)CC1C)OC2=O. The summed E-state index contributed by atoms with van der Waals surface area (Å²) in [5.74, 6) is 0.585. The average molecular weight is 328 g/mol. The van der Waals surface area contributed by atoms with E-state index in [9.17, 15) is 9.59 Å². The van der Waals surface area contributed by atoms with Gasteiger partial charge in [0.25, 0.3) is 0 Å². The third-order valence-electron chi connectivity index (χ3n) is 5.08. The van der Waals surface area contributed by atoms with Gasteiger partial charge in [-0.2, -0.15) is 0 Å². The zero-order valence-corrected chi connectivity index (χ0v) is 15.0. The lowest BCUT2D eigenvalue weighted by molar-refractivity contribution is -0.118. The Hall–Kier alpha value is -2.10. The van der Waals surface area contributed by atoms with Crippen molar-refractivity contribution in [3.8, 4) is 5.75 Å². The first-order valence-corrected chi connectivity index (χ1v) is 8.61. The van der Waals surface area contributed by atoms with Crippen LogP contribution in [0, 0.1) is 19.8 Å². The normalized spacial score (nSPS) is 23.2. The molecule has 24 heavy (non-hydrogen) atoms. The number of carbonyl (C=O) groups excluding carboxylic acids is 2. The van der Waals surface area contributed by atoms with Crippen LogP contribution in [0.5, 0.6) is 5.75 Å². The van der Waals surface area contributed by atoms with Crippen molar-refractivity contribution in [3.63, 3.8) is 0 Å². The standard InChI is InChI=1S/C20H24O4/c1-6-7-14-8-10(2)16-18(12(14)4)23-17-11(3)9-15(21)13(5)19(17)24-20(16)22/h8,11,17H,6-7,9H2,1-5H3. The monoisotopic (exact) mass is 328 g/mol. The summed E-state index contributed by atoms with van der Waals surface area (Å²) in [7, 11) is 0. The van der Waals surface area contributed by atoms with E-state index in [2.05, 4.69) is 6.92 Å². The van der Waals surface area contributed by atoms with Gasteiger partial charge < -0.3 is 9.47 Å². The van der Waals surface area contributed by atoms with Gasteiger partial charge in [0, 0.05) is 17.9 Å². The van der Waals surface area contributed by atoms with Crippen LogP contribution in [0.3, 0.4) is 0 Å². The number of carbonyl (C=O) groups is 2. The zero-order chi connectivity index (χ0) is 17.6. The van der Waals surface area contributed by atoms with Gasteiger partial charge in [0.2, 0.25) is 0 Å². The van der Waals surface area contributed by atoms with Crippen LogP contribution in [-0.4, -0.2) is 17.9 Å². The average Bonchev–Trinajstić information content (AvgIpc) is 2.68. The summed E-state index contributed by atoms with van der Waals surface area (Å²) in [6, 6.07) is 2.05. The zero-order valence-electron chi connectivity index (χ0n) is 15.0. The van der Waals surface area contributed by atoms with Crippen molar-refractivity contribution in [1.29, 1.82) is 0 Å². The molecule has 4 nitrogen and oxygen atoms in total. The van der Waals surface area contributed by atoms with Crippen LogP contribution in [-0.2, 0) is 16.0 Å². The molecular formula is C20H24O4. The van der Waals surface area contributed by atoms with Gasteiger partial charge in [0.1, 0.15) is 11.3 Å². The highest BCUT2D eigenvalue weighted by atomic mass is 16.6. The van der Waals surface area contributed by atoms with E-state index >= 15 is 0 Å². The van der Waals surface area contributed by atoms with E-state index in [1.54, 1.807) is 6.92 Å². The summed E-state index contributed by atoms with van der Waals surface area (Å²) in [6.45, 7) is 9.72. The summed E-state index contributed by atoms with van der Waals surface area (Å²) >= 11 is 0. The predicted octanol–water partition coefficient (Wildman–Crippen LogP) is 4.06. The smallest absolute Gasteiger partial charge is 0.347 e. The maximum atomic E-state index is 12.7. The Morgan fingerprint density at radius 3 is 2.58 bits per heavy atom. The number of allylic oxidation sites excluding steroid dienone is 1. The summed E-state index contributed by atoms with van der Waals surface area (Å²) in [4.78, 5) is 24.8. The van der Waals surface area contributed by atoms with Gasteiger partial charge >= 0.3 is 5.97 Å². The first kappa shape index (κ1) is 16.7. The second-order valence-corrected chi connectivity index (χ2v) is 6.95. The minimum Gasteiger partial charge on any atom is -0.481 e. The molecular weight excluding hydrogens is 304 g/mol. The van der Waals surface area contributed by atoms with E-state index in [-0.39, 0.29) is 17.8 Å². The lowest BCUT2D eigenvalue weighted by atomic mass is 9.86. The number of benzene rings is 1. The molecule has 0 fully saturated rings. The fourth-order valence-electron chi connectivity index (χ4n) is 3.63. The summed E-state index contributed by atoms with van der Waals surface area (Å²) < 4.78 is 11.9. The molecule has 0 saturated heterocycles. The minimum absolute atomic E-state index is 0.0236. The van der Waals surface area contributed by atoms with Gasteiger partial charge in [-0.1, -0.05) is 26.3 Å². The van der Waals surface area contributed by atoms with Crippen LogP contribution in [0.15, 0.2) is 17.4 Å². The minimum atomic E-state index is -0.424. The fraction of sp³-hybridized carbons (Fsp3) is 0.500. The Morgan fingerprint density at radius 2 is 1.92 bits per heavy atom. The Bertz CT molecular complexity index is 757. The molecule has 2 unspecified atom stereocenters. The quantitative estimate of drug-likeness (QED) is 0.768. The maximum absolute atomic E-state index is 12.7. The molecule has 0 aromatic heterocycles. The van der Waals surface area contributed by atoms with Crippen LogP contribution < -0.4 is 4.74 Å². The molecule has 0 bridgehead atoms. The molecule has 4 heteroatoms. The number of ether oxygens (including phenoxy) is 2. The molecule has 0 N–H and O–H groups in total. The topological polar surface area (TPSA) is 52.6 Å². The highest BCUT2D eigenvalue weighted by molar-refractivity contribution is 6.00. The number of esters is 1. The van der Waals surface area contributed by atoms with E-state index in [0.717, 1.165) is 24.0 Å². The van der Waals surface area contributed by atoms with Crippen LogP contribution >= 0.6 is 0 Å². The van der Waals surface area contributed by atoms with E-state index in [4.69, 9.17) is 9.47 Å². The number of hydrogen-bond acceptors (Lipinski definition) is 4. The number of hydrogen-bond donors (Lipinski definition) is 0. The van der Waals surface area contributed by atoms with Gasteiger partial charge in [0.15, 0.2) is 17.6 Å². The summed E-state index contributed by atoms with van der Waals surface area (Å²) in [5.41, 5.74) is 4.05. The Labute approximate surface area is 142 Å². The fourth-order valence-corrected chi connectivity index (χ4v) is 3.63. The van der Waals surface area contributed by atoms with Gasteiger partial charge in [-0.25, -0.2) is 4.79 Å². The van der Waals surface area contributed by atoms with Gasteiger partial charge in [-0.3, -0.25) is 4.79 Å². The second kappa shape index (κ2) is 6.08. The van der Waals surface area contributed by atoms with Crippen molar-refractivity contribution in [2.75, 3.05) is 0 Å². The highest BCUT2D eigenvalue weighted by Gasteiger charge is 2.40. The molecule has 0 amide bonds. The third kappa shape index (κ3) is 2.54. The number of rotatable bonds is 2. The van der Waals surface area contributed by atoms with Crippen LogP contribution in [0.2, 0.25) is 0 Å². The highest BCUT2D eigenvalue weighted by Crippen LogP contribution is 2.40. The predicted molar refractivity (Wildman–Crippen MR) is 91.2 cm³/mol. The van der Waals surface area contributed by atoms with Crippen LogP contribution in [0.4, 0.5) is 0 Å². The van der Waals surface area contributed by atoms with Gasteiger partial charge in [-0.15, -0.1) is 0 Å². The molecule has 2 atom stereocenters. The van der Waals surface area contributed by atoms with E-state index in [1.165, 1.54) is 5.56 Å². The van der Waals surface area contributed by atoms with Crippen molar-refractivity contribution in [1.82, 2.24) is 0 Å². The Kier molecular flexibility index (Phi) is 4.24. The number of aryl methyl sites for hydroxylation is 2. The van der Waals surface area contributed by atoms with E-state index in [1.807, 2.05) is 26.8 Å². The molecule has 3 rings (SSSR count). The first-order chi connectivity index (χ1) is 11.3. The number of Topliss-reactive ketones (excluding diaryl/α,β-unsaturated/α-hetero) is 1. The number of ketones is 1. The lowest BCUT2D eigenvalue weighted by Crippen LogP contribution is -2.35. The molecule has 1 aliphatic carbocycles. The molecule has 1 heterocycles. The molecule has 1 aliphatic heterocycles. The van der Waals surface area contributed by atoms with Crippen molar-refractivity contribution < 1.29 is 19.1 Å². The molecule has 0 spiro atoms. The molecule has 0 radical (unpaired) electrons. The van der Waals surface area contributed by atoms with Crippen molar-refractivity contribution in [3.05, 3.63) is 39.7 Å². The van der Waals surface area contributed by atoms with Crippen LogP contribution in [0.25, 0.3) is 0 Å². The Balaban J connectivity index is 2.19. The summed E-state index contributed by atoms with van der Waals surface area (Å²) in [6.07, 6.45) is 2.00. The van der Waals surface area contributed by atoms with Crippen molar-refractivity contribution in [2.45, 2.75) is 60.0 Å². The van der Waals surface area contributed by atoms with Gasteiger partial charge in [0.05, 0.1) is 0 Å².